The van der Waals surface area contributed by atoms with Gasteiger partial charge in [-0.15, -0.1) is 0 Å². The van der Waals surface area contributed by atoms with Gasteiger partial charge in [-0.25, -0.2) is 4.79 Å². The van der Waals surface area contributed by atoms with Crippen LogP contribution in [0.15, 0.2) is 42.5 Å². The summed E-state index contributed by atoms with van der Waals surface area (Å²) in [5, 5.41) is 13.6. The van der Waals surface area contributed by atoms with Crippen molar-refractivity contribution >= 4 is 40.8 Å². The van der Waals surface area contributed by atoms with Crippen LogP contribution in [-0.2, 0) is 16.1 Å². The summed E-state index contributed by atoms with van der Waals surface area (Å²) in [6, 6.07) is 10.3. The van der Waals surface area contributed by atoms with Crippen molar-refractivity contribution in [1.29, 1.82) is 0 Å². The number of benzene rings is 2. The van der Waals surface area contributed by atoms with Gasteiger partial charge < -0.3 is 10.1 Å². The van der Waals surface area contributed by atoms with Gasteiger partial charge in [-0.05, 0) is 17.7 Å². The van der Waals surface area contributed by atoms with Crippen LogP contribution in [0.5, 0.6) is 0 Å². The minimum atomic E-state index is -0.854. The van der Waals surface area contributed by atoms with Crippen LogP contribution >= 0.6 is 23.2 Å². The predicted molar refractivity (Wildman–Crippen MR) is 91.7 cm³/mol. The maximum atomic E-state index is 11.9. The van der Waals surface area contributed by atoms with E-state index >= 15 is 0 Å². The number of carbonyl (C=O) groups excluding carboxylic acids is 2. The van der Waals surface area contributed by atoms with Crippen molar-refractivity contribution in [3.63, 3.8) is 0 Å². The Morgan fingerprint density at radius 1 is 1.12 bits per heavy atom. The summed E-state index contributed by atoms with van der Waals surface area (Å²) in [7, 11) is 0. The van der Waals surface area contributed by atoms with E-state index in [9.17, 15) is 19.7 Å². The summed E-state index contributed by atoms with van der Waals surface area (Å²) in [4.78, 5) is 33.6. The molecule has 7 nitrogen and oxygen atoms in total. The van der Waals surface area contributed by atoms with Crippen molar-refractivity contribution in [2.75, 3.05) is 6.61 Å². The Morgan fingerprint density at radius 3 is 2.48 bits per heavy atom. The molecule has 2 aromatic rings. The van der Waals surface area contributed by atoms with E-state index in [0.29, 0.717) is 5.02 Å². The molecule has 0 atom stereocenters. The lowest BCUT2D eigenvalue weighted by Gasteiger charge is -2.08. The largest absolute Gasteiger partial charge is 0.452 e. The van der Waals surface area contributed by atoms with Crippen molar-refractivity contribution in [3.8, 4) is 0 Å². The molecule has 25 heavy (non-hydrogen) atoms. The highest BCUT2D eigenvalue weighted by Crippen LogP contribution is 2.23. The zero-order valence-electron chi connectivity index (χ0n) is 12.7. The highest BCUT2D eigenvalue weighted by Gasteiger charge is 2.17. The molecule has 0 spiro atoms. The summed E-state index contributed by atoms with van der Waals surface area (Å²) in [5.74, 6) is -1.38. The molecule has 9 heteroatoms. The van der Waals surface area contributed by atoms with Gasteiger partial charge in [-0.3, -0.25) is 14.9 Å². The summed E-state index contributed by atoms with van der Waals surface area (Å²) in [6.07, 6.45) is 0. The first-order chi connectivity index (χ1) is 11.9. The quantitative estimate of drug-likeness (QED) is 0.469. The van der Waals surface area contributed by atoms with Crippen LogP contribution in [0, 0.1) is 10.1 Å². The third-order valence-electron chi connectivity index (χ3n) is 3.15. The molecule has 2 rings (SSSR count). The molecule has 0 aliphatic rings. The van der Waals surface area contributed by atoms with Crippen molar-refractivity contribution in [2.24, 2.45) is 0 Å². The Balaban J connectivity index is 1.88. The summed E-state index contributed by atoms with van der Waals surface area (Å²) in [5.41, 5.74) is 0.410. The first-order valence-electron chi connectivity index (χ1n) is 6.99. The lowest BCUT2D eigenvalue weighted by molar-refractivity contribution is -0.384. The van der Waals surface area contributed by atoms with Crippen LogP contribution in [0.4, 0.5) is 5.69 Å². The van der Waals surface area contributed by atoms with Gasteiger partial charge in [0.2, 0.25) is 0 Å². The second-order valence-corrected chi connectivity index (χ2v) is 5.68. The molecule has 0 aromatic heterocycles. The molecular weight excluding hydrogens is 371 g/mol. The number of non-ortho nitro benzene ring substituents is 1. The van der Waals surface area contributed by atoms with E-state index in [-0.39, 0.29) is 22.8 Å². The topological polar surface area (TPSA) is 98.5 Å². The Morgan fingerprint density at radius 2 is 1.84 bits per heavy atom. The Labute approximate surface area is 152 Å². The number of esters is 1. The third-order valence-corrected chi connectivity index (χ3v) is 3.83. The van der Waals surface area contributed by atoms with Gasteiger partial charge in [0.05, 0.1) is 15.5 Å². The van der Waals surface area contributed by atoms with Gasteiger partial charge in [-0.2, -0.15) is 0 Å². The van der Waals surface area contributed by atoms with Gasteiger partial charge in [-0.1, -0.05) is 41.4 Å². The maximum absolute atomic E-state index is 11.9. The number of hydrogen-bond donors (Lipinski definition) is 1. The fourth-order valence-electron chi connectivity index (χ4n) is 1.88. The number of halogens is 2. The van der Waals surface area contributed by atoms with E-state index in [2.05, 4.69) is 5.32 Å². The van der Waals surface area contributed by atoms with E-state index in [0.717, 1.165) is 17.7 Å². The van der Waals surface area contributed by atoms with Crippen LogP contribution in [0.2, 0.25) is 10.0 Å². The molecule has 0 bridgehead atoms. The lowest BCUT2D eigenvalue weighted by Crippen LogP contribution is -2.28. The van der Waals surface area contributed by atoms with Crippen LogP contribution in [0.3, 0.4) is 0 Å². The van der Waals surface area contributed by atoms with Crippen molar-refractivity contribution in [2.45, 2.75) is 6.54 Å². The number of nitro benzene ring substituents is 1. The molecule has 130 valence electrons. The molecule has 0 saturated carbocycles. The molecule has 0 aliphatic carbocycles. The fourth-order valence-corrected chi connectivity index (χ4v) is 2.33. The van der Waals surface area contributed by atoms with Crippen molar-refractivity contribution in [3.05, 3.63) is 73.8 Å². The Hall–Kier alpha value is -2.64. The number of rotatable bonds is 6. The summed E-state index contributed by atoms with van der Waals surface area (Å²) < 4.78 is 4.85. The van der Waals surface area contributed by atoms with Gasteiger partial charge in [0.1, 0.15) is 0 Å². The molecule has 0 aliphatic heterocycles. The van der Waals surface area contributed by atoms with E-state index in [4.69, 9.17) is 27.9 Å². The van der Waals surface area contributed by atoms with Gasteiger partial charge >= 0.3 is 5.97 Å². The van der Waals surface area contributed by atoms with Gasteiger partial charge in [0.15, 0.2) is 6.61 Å². The van der Waals surface area contributed by atoms with Crippen LogP contribution in [0.1, 0.15) is 15.9 Å². The lowest BCUT2D eigenvalue weighted by atomic mass is 10.2. The standard InChI is InChI=1S/C16H12Cl2N2O5/c17-13-4-2-1-3-10(13)8-19-15(21)9-25-16(22)12-6-5-11(20(23)24)7-14(12)18/h1-7H,8-9H2,(H,19,21). The highest BCUT2D eigenvalue weighted by molar-refractivity contribution is 6.33. The average Bonchev–Trinajstić information content (AvgIpc) is 2.58. The third kappa shape index (κ3) is 5.17. The summed E-state index contributed by atoms with van der Waals surface area (Å²) >= 11 is 11.8. The second kappa shape index (κ2) is 8.46. The Bertz CT molecular complexity index is 826. The molecule has 0 fully saturated rings. The van der Waals surface area contributed by atoms with Gasteiger partial charge in [0, 0.05) is 23.7 Å². The number of nitrogens with zero attached hydrogens (tertiary/aromatic N) is 1. The SMILES string of the molecule is O=C(COC(=O)c1ccc([N+](=O)[O-])cc1Cl)NCc1ccccc1Cl. The van der Waals surface area contributed by atoms with Crippen LogP contribution < -0.4 is 5.32 Å². The average molecular weight is 383 g/mol. The number of carbonyl (C=O) groups is 2. The first kappa shape index (κ1) is 18.7. The first-order valence-corrected chi connectivity index (χ1v) is 7.75. The minimum absolute atomic E-state index is 0.0637. The number of nitro groups is 1. The number of hydrogen-bond acceptors (Lipinski definition) is 5. The zero-order chi connectivity index (χ0) is 18.4. The van der Waals surface area contributed by atoms with E-state index in [1.807, 2.05) is 0 Å². The van der Waals surface area contributed by atoms with Crippen molar-refractivity contribution < 1.29 is 19.2 Å². The number of amides is 1. The predicted octanol–water partition coefficient (Wildman–Crippen LogP) is 3.37. The molecule has 1 amide bonds. The zero-order valence-corrected chi connectivity index (χ0v) is 14.2. The molecule has 1 N–H and O–H groups in total. The van der Waals surface area contributed by atoms with Crippen LogP contribution in [-0.4, -0.2) is 23.4 Å². The van der Waals surface area contributed by atoms with E-state index < -0.39 is 23.4 Å². The normalized spacial score (nSPS) is 10.2. The highest BCUT2D eigenvalue weighted by atomic mass is 35.5. The number of nitrogens with one attached hydrogen (secondary N) is 1. The fraction of sp³-hybridized carbons (Fsp3) is 0.125. The number of ether oxygens (including phenoxy) is 1. The molecule has 2 aromatic carbocycles. The molecule has 0 heterocycles. The summed E-state index contributed by atoms with van der Waals surface area (Å²) in [6.45, 7) is -0.328. The van der Waals surface area contributed by atoms with Crippen molar-refractivity contribution in [1.82, 2.24) is 5.32 Å². The molecular formula is C16H12Cl2N2O5. The molecule has 0 saturated heterocycles. The molecule has 0 unspecified atom stereocenters. The van der Waals surface area contributed by atoms with E-state index in [1.165, 1.54) is 6.07 Å². The van der Waals surface area contributed by atoms with Gasteiger partial charge in [0.25, 0.3) is 11.6 Å². The smallest absolute Gasteiger partial charge is 0.340 e. The second-order valence-electron chi connectivity index (χ2n) is 4.87. The maximum Gasteiger partial charge on any atom is 0.340 e. The monoisotopic (exact) mass is 382 g/mol. The van der Waals surface area contributed by atoms with E-state index in [1.54, 1.807) is 24.3 Å². The Kier molecular flexibility index (Phi) is 6.32. The minimum Gasteiger partial charge on any atom is -0.452 e. The molecule has 0 radical (unpaired) electrons. The van der Waals surface area contributed by atoms with Crippen LogP contribution in [0.25, 0.3) is 0 Å².